The highest BCUT2D eigenvalue weighted by Crippen LogP contribution is 2.28. The third-order valence-corrected chi connectivity index (χ3v) is 4.59. The van der Waals surface area contributed by atoms with E-state index in [4.69, 9.17) is 9.47 Å². The van der Waals surface area contributed by atoms with Crippen LogP contribution in [0.25, 0.3) is 0 Å². The van der Waals surface area contributed by atoms with E-state index in [1.54, 1.807) is 14.2 Å². The third-order valence-electron chi connectivity index (χ3n) is 4.59. The van der Waals surface area contributed by atoms with Gasteiger partial charge in [0.25, 0.3) is 0 Å². The van der Waals surface area contributed by atoms with E-state index < -0.39 is 6.10 Å². The van der Waals surface area contributed by atoms with E-state index in [0.29, 0.717) is 13.1 Å². The third kappa shape index (κ3) is 6.86. The Morgan fingerprint density at radius 1 is 0.889 bits per heavy atom. The van der Waals surface area contributed by atoms with Crippen LogP contribution >= 0.6 is 0 Å². The summed E-state index contributed by atoms with van der Waals surface area (Å²) in [7, 11) is 5.32. The molecule has 0 aliphatic carbocycles. The van der Waals surface area contributed by atoms with Gasteiger partial charge in [-0.2, -0.15) is 0 Å². The smallest absolute Gasteiger partial charge is 0.161 e. The quantitative estimate of drug-likeness (QED) is 0.657. The van der Waals surface area contributed by atoms with Crippen molar-refractivity contribution in [2.45, 2.75) is 26.1 Å². The molecule has 0 fully saturated rings. The van der Waals surface area contributed by atoms with Crippen molar-refractivity contribution in [3.63, 3.8) is 0 Å². The minimum absolute atomic E-state index is 0.404. The molecule has 0 aromatic heterocycles. The summed E-state index contributed by atoms with van der Waals surface area (Å²) in [6.45, 7) is 5.84. The molecule has 1 N–H and O–H groups in total. The number of nitrogens with zero attached hydrogens (tertiary/aromatic N) is 2. The fourth-order valence-electron chi connectivity index (χ4n) is 3.22. The average molecular weight is 373 g/mol. The van der Waals surface area contributed by atoms with Gasteiger partial charge in [0.05, 0.1) is 20.3 Å². The van der Waals surface area contributed by atoms with Gasteiger partial charge in [0.1, 0.15) is 0 Å². The van der Waals surface area contributed by atoms with Gasteiger partial charge in [-0.25, -0.2) is 0 Å². The molecule has 0 bridgehead atoms. The van der Waals surface area contributed by atoms with E-state index >= 15 is 0 Å². The summed E-state index contributed by atoms with van der Waals surface area (Å²) in [5.41, 5.74) is 2.39. The van der Waals surface area contributed by atoms with E-state index in [-0.39, 0.29) is 0 Å². The maximum absolute atomic E-state index is 10.5. The molecule has 0 aliphatic heterocycles. The number of likely N-dealkylation sites (N-methyl/N-ethyl adjacent to an activating group) is 2. The van der Waals surface area contributed by atoms with Gasteiger partial charge in [-0.1, -0.05) is 43.3 Å². The summed E-state index contributed by atoms with van der Waals surface area (Å²) < 4.78 is 10.7. The van der Waals surface area contributed by atoms with Crippen molar-refractivity contribution >= 4 is 0 Å². The van der Waals surface area contributed by atoms with E-state index in [9.17, 15) is 5.11 Å². The number of hydrogen-bond acceptors (Lipinski definition) is 5. The highest BCUT2D eigenvalue weighted by molar-refractivity contribution is 5.42. The predicted octanol–water partition coefficient (Wildman–Crippen LogP) is 3.02. The maximum atomic E-state index is 10.5. The maximum Gasteiger partial charge on any atom is 0.161 e. The number of rotatable bonds is 11. The van der Waals surface area contributed by atoms with Crippen LogP contribution in [-0.4, -0.2) is 61.9 Å². The van der Waals surface area contributed by atoms with Crippen LogP contribution in [0, 0.1) is 0 Å². The highest BCUT2D eigenvalue weighted by Gasteiger charge is 2.14. The van der Waals surface area contributed by atoms with Gasteiger partial charge < -0.3 is 14.6 Å². The van der Waals surface area contributed by atoms with Crippen molar-refractivity contribution in [1.82, 2.24) is 9.80 Å². The van der Waals surface area contributed by atoms with E-state index in [1.807, 2.05) is 43.4 Å². The molecule has 0 saturated carbocycles. The first kappa shape index (κ1) is 21.2. The molecule has 0 unspecified atom stereocenters. The second-order valence-electron chi connectivity index (χ2n) is 6.85. The molecule has 2 rings (SSSR count). The van der Waals surface area contributed by atoms with E-state index in [0.717, 1.165) is 36.7 Å². The summed E-state index contributed by atoms with van der Waals surface area (Å²) in [5.74, 6) is 1.46. The number of benzene rings is 2. The Hall–Kier alpha value is -2.08. The fourth-order valence-corrected chi connectivity index (χ4v) is 3.22. The molecule has 2 aromatic rings. The van der Waals surface area contributed by atoms with Gasteiger partial charge >= 0.3 is 0 Å². The Labute approximate surface area is 163 Å². The van der Waals surface area contributed by atoms with Crippen molar-refractivity contribution in [1.29, 1.82) is 0 Å². The first-order chi connectivity index (χ1) is 13.0. The van der Waals surface area contributed by atoms with Crippen LogP contribution in [0.15, 0.2) is 48.5 Å². The van der Waals surface area contributed by atoms with Gasteiger partial charge in [0.2, 0.25) is 0 Å². The summed E-state index contributed by atoms with van der Waals surface area (Å²) in [5, 5.41) is 10.5. The Bertz CT molecular complexity index is 679. The molecule has 148 valence electrons. The lowest BCUT2D eigenvalue weighted by molar-refractivity contribution is 0.0791. The zero-order chi connectivity index (χ0) is 19.6. The molecule has 27 heavy (non-hydrogen) atoms. The molecule has 5 heteroatoms. The minimum Gasteiger partial charge on any atom is -0.493 e. The van der Waals surface area contributed by atoms with Gasteiger partial charge in [0.15, 0.2) is 11.5 Å². The van der Waals surface area contributed by atoms with Gasteiger partial charge in [-0.3, -0.25) is 9.80 Å². The normalized spacial score (nSPS) is 12.4. The van der Waals surface area contributed by atoms with E-state index in [2.05, 4.69) is 28.9 Å². The molecule has 5 nitrogen and oxygen atoms in total. The molecule has 0 radical (unpaired) electrons. The number of hydrogen-bond donors (Lipinski definition) is 1. The van der Waals surface area contributed by atoms with Gasteiger partial charge in [-0.15, -0.1) is 0 Å². The monoisotopic (exact) mass is 372 g/mol. The van der Waals surface area contributed by atoms with Crippen molar-refractivity contribution in [3.05, 3.63) is 59.7 Å². The Morgan fingerprint density at radius 3 is 2.22 bits per heavy atom. The molecule has 0 heterocycles. The Kier molecular flexibility index (Phi) is 8.58. The van der Waals surface area contributed by atoms with E-state index in [1.165, 1.54) is 5.56 Å². The first-order valence-corrected chi connectivity index (χ1v) is 9.39. The van der Waals surface area contributed by atoms with Gasteiger partial charge in [-0.05, 0) is 36.9 Å². The number of methoxy groups -OCH3 is 2. The number of aliphatic hydroxyl groups is 1. The van der Waals surface area contributed by atoms with Crippen LogP contribution < -0.4 is 9.47 Å². The van der Waals surface area contributed by atoms with Crippen LogP contribution in [-0.2, 0) is 13.1 Å². The van der Waals surface area contributed by atoms with Crippen molar-refractivity contribution in [2.24, 2.45) is 0 Å². The standard InChI is InChI=1S/C22H32N2O3/c1-5-24(15-19-11-12-21(26-3)22(13-19)27-4)17-20(25)16-23(2)14-18-9-7-6-8-10-18/h6-13,20,25H,5,14-17H2,1-4H3/t20-/m1/s1. The average Bonchev–Trinajstić information content (AvgIpc) is 2.67. The SMILES string of the molecule is CCN(Cc1ccc(OC)c(OC)c1)C[C@H](O)CN(C)Cc1ccccc1. The van der Waals surface area contributed by atoms with Crippen LogP contribution in [0.1, 0.15) is 18.1 Å². The van der Waals surface area contributed by atoms with Crippen molar-refractivity contribution < 1.29 is 14.6 Å². The zero-order valence-corrected chi connectivity index (χ0v) is 16.9. The lowest BCUT2D eigenvalue weighted by Crippen LogP contribution is -2.38. The van der Waals surface area contributed by atoms with Gasteiger partial charge in [0, 0.05) is 26.2 Å². The Balaban J connectivity index is 1.88. The zero-order valence-electron chi connectivity index (χ0n) is 16.9. The largest absolute Gasteiger partial charge is 0.493 e. The summed E-state index contributed by atoms with van der Waals surface area (Å²) in [6, 6.07) is 16.3. The Morgan fingerprint density at radius 2 is 1.59 bits per heavy atom. The summed E-state index contributed by atoms with van der Waals surface area (Å²) in [6.07, 6.45) is -0.404. The molecule has 1 atom stereocenters. The number of aliphatic hydroxyl groups excluding tert-OH is 1. The lowest BCUT2D eigenvalue weighted by Gasteiger charge is -2.27. The molecule has 0 spiro atoms. The molecule has 2 aromatic carbocycles. The second kappa shape index (κ2) is 10.9. The molecule has 0 saturated heterocycles. The summed E-state index contributed by atoms with van der Waals surface area (Å²) >= 11 is 0. The first-order valence-electron chi connectivity index (χ1n) is 9.39. The van der Waals surface area contributed by atoms with Crippen molar-refractivity contribution in [3.8, 4) is 11.5 Å². The predicted molar refractivity (Wildman–Crippen MR) is 109 cm³/mol. The molecule has 0 amide bonds. The topological polar surface area (TPSA) is 45.2 Å². The fraction of sp³-hybridized carbons (Fsp3) is 0.455. The molecular weight excluding hydrogens is 340 g/mol. The van der Waals surface area contributed by atoms with Crippen LogP contribution in [0.3, 0.4) is 0 Å². The van der Waals surface area contributed by atoms with Crippen LogP contribution in [0.4, 0.5) is 0 Å². The number of ether oxygens (including phenoxy) is 2. The van der Waals surface area contributed by atoms with Crippen molar-refractivity contribution in [2.75, 3.05) is 40.9 Å². The van der Waals surface area contributed by atoms with Crippen LogP contribution in [0.2, 0.25) is 0 Å². The molecular formula is C22H32N2O3. The summed E-state index contributed by atoms with van der Waals surface area (Å²) in [4.78, 5) is 4.40. The minimum atomic E-state index is -0.404. The van der Waals surface area contributed by atoms with Crippen LogP contribution in [0.5, 0.6) is 11.5 Å². The second-order valence-corrected chi connectivity index (χ2v) is 6.85. The lowest BCUT2D eigenvalue weighted by atomic mass is 10.1. The highest BCUT2D eigenvalue weighted by atomic mass is 16.5. The molecule has 0 aliphatic rings.